The van der Waals surface area contributed by atoms with Crippen molar-refractivity contribution in [2.24, 2.45) is 0 Å². The molecule has 0 atom stereocenters. The minimum atomic E-state index is -0.764. The van der Waals surface area contributed by atoms with E-state index in [0.717, 1.165) is 28.4 Å². The highest BCUT2D eigenvalue weighted by Crippen LogP contribution is 2.22. The molecule has 36 heavy (non-hydrogen) atoms. The van der Waals surface area contributed by atoms with Gasteiger partial charge in [-0.3, -0.25) is 4.79 Å². The van der Waals surface area contributed by atoms with Crippen LogP contribution in [0.15, 0.2) is 89.5 Å². The Bertz CT molecular complexity index is 1440. The van der Waals surface area contributed by atoms with Crippen LogP contribution in [0.25, 0.3) is 17.1 Å². The Balaban J connectivity index is 1.35. The number of carbonyl (C=O) groups excluding carboxylic acids is 2. The lowest BCUT2D eigenvalue weighted by atomic mass is 10.1. The molecule has 3 aromatic heterocycles. The molecular formula is C28H24N4O4. The van der Waals surface area contributed by atoms with Crippen molar-refractivity contribution in [1.82, 2.24) is 19.3 Å². The number of carbonyl (C=O) groups is 2. The average molecular weight is 481 g/mol. The van der Waals surface area contributed by atoms with Crippen molar-refractivity contribution in [1.29, 1.82) is 0 Å². The Morgan fingerprint density at radius 1 is 0.944 bits per heavy atom. The van der Waals surface area contributed by atoms with Gasteiger partial charge in [-0.15, -0.1) is 5.10 Å². The van der Waals surface area contributed by atoms with Gasteiger partial charge < -0.3 is 13.7 Å². The van der Waals surface area contributed by atoms with Crippen LogP contribution >= 0.6 is 0 Å². The number of hydrogen-bond acceptors (Lipinski definition) is 6. The fourth-order valence-electron chi connectivity index (χ4n) is 4.08. The molecule has 5 aromatic rings. The molecule has 0 saturated heterocycles. The normalized spacial score (nSPS) is 10.9. The number of ketones is 1. The Hall–Kier alpha value is -4.72. The Labute approximate surface area is 207 Å². The molecule has 0 aliphatic carbocycles. The van der Waals surface area contributed by atoms with Gasteiger partial charge in [0.25, 0.3) is 5.82 Å². The Kier molecular flexibility index (Phi) is 6.32. The zero-order valence-corrected chi connectivity index (χ0v) is 19.9. The van der Waals surface area contributed by atoms with E-state index in [-0.39, 0.29) is 11.6 Å². The molecule has 0 N–H and O–H groups in total. The molecular weight excluding hydrogens is 456 g/mol. The number of ether oxygens (including phenoxy) is 1. The standard InChI is InChI=1S/C28H24N4O4/c1-19-16-24(20(2)31(19)17-23-14-9-15-35-23)25(33)18-36-28(34)26-29-27(21-10-5-3-6-11-21)32(30-26)22-12-7-4-8-13-22/h3-16H,17-18H2,1-2H3. The third kappa shape index (κ3) is 4.61. The molecule has 3 heterocycles. The van der Waals surface area contributed by atoms with Crippen molar-refractivity contribution < 1.29 is 18.7 Å². The summed E-state index contributed by atoms with van der Waals surface area (Å²) in [6.07, 6.45) is 1.62. The summed E-state index contributed by atoms with van der Waals surface area (Å²) in [4.78, 5) is 30.2. The summed E-state index contributed by atoms with van der Waals surface area (Å²) >= 11 is 0. The summed E-state index contributed by atoms with van der Waals surface area (Å²) < 4.78 is 14.4. The average Bonchev–Trinajstić information content (AvgIpc) is 3.65. The maximum absolute atomic E-state index is 12.9. The summed E-state index contributed by atoms with van der Waals surface area (Å²) in [5.41, 5.74) is 3.74. The van der Waals surface area contributed by atoms with Crippen LogP contribution in [0, 0.1) is 13.8 Å². The molecule has 8 nitrogen and oxygen atoms in total. The molecule has 0 aliphatic heterocycles. The van der Waals surface area contributed by atoms with Crippen LogP contribution < -0.4 is 0 Å². The number of benzene rings is 2. The number of furan rings is 1. The van der Waals surface area contributed by atoms with Crippen LogP contribution in [-0.2, 0) is 11.3 Å². The number of para-hydroxylation sites is 1. The third-order valence-corrected chi connectivity index (χ3v) is 5.92. The van der Waals surface area contributed by atoms with Crippen molar-refractivity contribution in [3.8, 4) is 17.1 Å². The number of aryl methyl sites for hydroxylation is 1. The number of hydrogen-bond donors (Lipinski definition) is 0. The zero-order valence-electron chi connectivity index (χ0n) is 19.9. The lowest BCUT2D eigenvalue weighted by molar-refractivity contribution is 0.0462. The fourth-order valence-corrected chi connectivity index (χ4v) is 4.08. The molecule has 0 saturated carbocycles. The first-order valence-electron chi connectivity index (χ1n) is 11.5. The number of nitrogens with zero attached hydrogens (tertiary/aromatic N) is 4. The van der Waals surface area contributed by atoms with Crippen molar-refractivity contribution in [3.63, 3.8) is 0 Å². The largest absolute Gasteiger partial charge is 0.467 e. The van der Waals surface area contributed by atoms with E-state index in [1.807, 2.05) is 91.2 Å². The smallest absolute Gasteiger partial charge is 0.378 e. The molecule has 0 amide bonds. The minimum Gasteiger partial charge on any atom is -0.467 e. The second-order valence-electron chi connectivity index (χ2n) is 8.32. The van der Waals surface area contributed by atoms with Crippen molar-refractivity contribution >= 4 is 11.8 Å². The highest BCUT2D eigenvalue weighted by Gasteiger charge is 2.22. The van der Waals surface area contributed by atoms with E-state index in [4.69, 9.17) is 9.15 Å². The molecule has 0 fully saturated rings. The molecule has 180 valence electrons. The zero-order chi connectivity index (χ0) is 25.1. The van der Waals surface area contributed by atoms with Crippen LogP contribution in [0.5, 0.6) is 0 Å². The van der Waals surface area contributed by atoms with Gasteiger partial charge in [0, 0.05) is 22.5 Å². The fraction of sp³-hybridized carbons (Fsp3) is 0.143. The molecule has 0 unspecified atom stereocenters. The van der Waals surface area contributed by atoms with Crippen LogP contribution in [0.2, 0.25) is 0 Å². The van der Waals surface area contributed by atoms with E-state index in [1.165, 1.54) is 0 Å². The van der Waals surface area contributed by atoms with Crippen molar-refractivity contribution in [2.45, 2.75) is 20.4 Å². The van der Waals surface area contributed by atoms with Crippen molar-refractivity contribution in [3.05, 3.63) is 114 Å². The summed E-state index contributed by atoms with van der Waals surface area (Å²) in [5, 5.41) is 4.39. The number of esters is 1. The van der Waals surface area contributed by atoms with Gasteiger partial charge in [0.15, 0.2) is 12.4 Å². The first-order chi connectivity index (χ1) is 17.5. The van der Waals surface area contributed by atoms with Gasteiger partial charge in [-0.1, -0.05) is 48.5 Å². The predicted octanol–water partition coefficient (Wildman–Crippen LogP) is 5.03. The third-order valence-electron chi connectivity index (χ3n) is 5.92. The molecule has 0 bridgehead atoms. The van der Waals surface area contributed by atoms with Gasteiger partial charge in [-0.2, -0.15) is 0 Å². The molecule has 5 rings (SSSR count). The topological polar surface area (TPSA) is 92.2 Å². The van der Waals surface area contributed by atoms with E-state index in [0.29, 0.717) is 17.9 Å². The van der Waals surface area contributed by atoms with Gasteiger partial charge in [0.1, 0.15) is 5.76 Å². The highest BCUT2D eigenvalue weighted by molar-refractivity contribution is 6.00. The van der Waals surface area contributed by atoms with Crippen molar-refractivity contribution in [2.75, 3.05) is 6.61 Å². The summed E-state index contributed by atoms with van der Waals surface area (Å²) in [6.45, 7) is 3.88. The van der Waals surface area contributed by atoms with E-state index < -0.39 is 12.6 Å². The first-order valence-corrected chi connectivity index (χ1v) is 11.5. The lowest BCUT2D eigenvalue weighted by Gasteiger charge is -2.08. The Morgan fingerprint density at radius 2 is 1.67 bits per heavy atom. The SMILES string of the molecule is Cc1cc(C(=O)COC(=O)c2nc(-c3ccccc3)n(-c3ccccc3)n2)c(C)n1Cc1ccco1. The molecule has 0 aliphatic rings. The highest BCUT2D eigenvalue weighted by atomic mass is 16.5. The van der Waals surface area contributed by atoms with Crippen LogP contribution in [0.1, 0.15) is 38.1 Å². The summed E-state index contributed by atoms with van der Waals surface area (Å²) in [7, 11) is 0. The van der Waals surface area contributed by atoms with Crippen LogP contribution in [-0.4, -0.2) is 37.7 Å². The van der Waals surface area contributed by atoms with Gasteiger partial charge in [0.05, 0.1) is 18.5 Å². The first kappa shape index (κ1) is 23.0. The lowest BCUT2D eigenvalue weighted by Crippen LogP contribution is -2.16. The number of Topliss-reactive ketones (excluding diaryl/α,β-unsaturated/α-hetero) is 1. The molecule has 0 spiro atoms. The Morgan fingerprint density at radius 3 is 2.36 bits per heavy atom. The summed E-state index contributed by atoms with van der Waals surface area (Å²) in [5.74, 6) is 0.111. The molecule has 0 radical (unpaired) electrons. The van der Waals surface area contributed by atoms with Gasteiger partial charge in [-0.25, -0.2) is 14.5 Å². The minimum absolute atomic E-state index is 0.117. The summed E-state index contributed by atoms with van der Waals surface area (Å²) in [6, 6.07) is 24.4. The van der Waals surface area contributed by atoms with E-state index in [9.17, 15) is 9.59 Å². The quantitative estimate of drug-likeness (QED) is 0.228. The maximum Gasteiger partial charge on any atom is 0.378 e. The molecule has 2 aromatic carbocycles. The van der Waals surface area contributed by atoms with E-state index in [1.54, 1.807) is 17.0 Å². The van der Waals surface area contributed by atoms with E-state index in [2.05, 4.69) is 10.1 Å². The van der Waals surface area contributed by atoms with E-state index >= 15 is 0 Å². The molecule has 8 heteroatoms. The number of rotatable bonds is 8. The van der Waals surface area contributed by atoms with Crippen LogP contribution in [0.3, 0.4) is 0 Å². The monoisotopic (exact) mass is 480 g/mol. The second kappa shape index (κ2) is 9.87. The number of aromatic nitrogens is 4. The van der Waals surface area contributed by atoms with Gasteiger partial charge in [-0.05, 0) is 44.2 Å². The van der Waals surface area contributed by atoms with Crippen LogP contribution in [0.4, 0.5) is 0 Å². The van der Waals surface area contributed by atoms with Gasteiger partial charge in [0.2, 0.25) is 5.78 Å². The van der Waals surface area contributed by atoms with Gasteiger partial charge >= 0.3 is 5.97 Å². The maximum atomic E-state index is 12.9. The predicted molar refractivity (Wildman–Crippen MR) is 133 cm³/mol. The second-order valence-corrected chi connectivity index (χ2v) is 8.32.